The van der Waals surface area contributed by atoms with E-state index in [-0.39, 0.29) is 5.91 Å². The maximum atomic E-state index is 12.0. The molecule has 0 saturated carbocycles. The lowest BCUT2D eigenvalue weighted by molar-refractivity contribution is 0.0947. The van der Waals surface area contributed by atoms with Gasteiger partial charge in [0.25, 0.3) is 5.91 Å². The zero-order valence-corrected chi connectivity index (χ0v) is 12.6. The molecule has 1 saturated heterocycles. The second-order valence-corrected chi connectivity index (χ2v) is 5.89. The molecule has 0 spiro atoms. The van der Waals surface area contributed by atoms with Gasteiger partial charge in [-0.25, -0.2) is 4.98 Å². The number of hydrogen-bond donors (Lipinski definition) is 2. The second kappa shape index (κ2) is 6.82. The number of amides is 1. The molecule has 0 unspecified atom stereocenters. The van der Waals surface area contributed by atoms with Crippen molar-refractivity contribution in [1.29, 1.82) is 0 Å². The van der Waals surface area contributed by atoms with Gasteiger partial charge < -0.3 is 10.6 Å². The van der Waals surface area contributed by atoms with E-state index in [1.807, 2.05) is 16.3 Å². The van der Waals surface area contributed by atoms with Gasteiger partial charge in [0.15, 0.2) is 0 Å². The largest absolute Gasteiger partial charge is 0.350 e. The Bertz CT molecular complexity index is 574. The first-order chi connectivity index (χ1) is 10.3. The first-order valence-corrected chi connectivity index (χ1v) is 8.18. The number of carbonyl (C=O) groups is 1. The Hall–Kier alpha value is -1.73. The molecule has 1 fully saturated rings. The van der Waals surface area contributed by atoms with E-state index >= 15 is 0 Å². The molecule has 7 heteroatoms. The van der Waals surface area contributed by atoms with Crippen LogP contribution in [0.3, 0.4) is 0 Å². The third-order valence-electron chi connectivity index (χ3n) is 3.64. The molecule has 3 rings (SSSR count). The maximum Gasteiger partial charge on any atom is 0.271 e. The van der Waals surface area contributed by atoms with Crippen LogP contribution >= 0.6 is 11.3 Å². The van der Waals surface area contributed by atoms with Gasteiger partial charge in [-0.3, -0.25) is 9.48 Å². The Morgan fingerprint density at radius 3 is 3.29 bits per heavy atom. The number of rotatable bonds is 5. The summed E-state index contributed by atoms with van der Waals surface area (Å²) in [6.07, 6.45) is 4.91. The number of nitrogens with one attached hydrogen (secondary N) is 2. The van der Waals surface area contributed by atoms with Crippen molar-refractivity contribution >= 4 is 17.2 Å². The van der Waals surface area contributed by atoms with Crippen molar-refractivity contribution < 1.29 is 4.79 Å². The first-order valence-electron chi connectivity index (χ1n) is 7.24. The number of carbonyl (C=O) groups excluding carboxylic acids is 1. The Balaban J connectivity index is 1.51. The van der Waals surface area contributed by atoms with Crippen LogP contribution in [0.15, 0.2) is 23.2 Å². The fraction of sp³-hybridized carbons (Fsp3) is 0.500. The topological polar surface area (TPSA) is 71.8 Å². The molecule has 1 atom stereocenters. The van der Waals surface area contributed by atoms with Crippen LogP contribution in [0.5, 0.6) is 0 Å². The third kappa shape index (κ3) is 3.68. The van der Waals surface area contributed by atoms with Crippen LogP contribution < -0.4 is 10.6 Å². The maximum absolute atomic E-state index is 12.0. The van der Waals surface area contributed by atoms with Crippen molar-refractivity contribution in [3.8, 4) is 0 Å². The quantitative estimate of drug-likeness (QED) is 0.872. The lowest BCUT2D eigenvalue weighted by atomic mass is 10.1. The van der Waals surface area contributed by atoms with Crippen LogP contribution in [0.2, 0.25) is 0 Å². The summed E-state index contributed by atoms with van der Waals surface area (Å²) in [6.45, 7) is 2.58. The van der Waals surface area contributed by atoms with Gasteiger partial charge in [0, 0.05) is 31.1 Å². The first kappa shape index (κ1) is 14.2. The van der Waals surface area contributed by atoms with Crippen molar-refractivity contribution in [1.82, 2.24) is 25.4 Å². The van der Waals surface area contributed by atoms with Gasteiger partial charge in [-0.15, -0.1) is 11.3 Å². The van der Waals surface area contributed by atoms with Crippen LogP contribution in [0.1, 0.15) is 35.1 Å². The minimum atomic E-state index is -0.118. The van der Waals surface area contributed by atoms with E-state index in [4.69, 9.17) is 0 Å². The average molecular weight is 305 g/mol. The molecule has 2 aromatic heterocycles. The molecule has 3 heterocycles. The summed E-state index contributed by atoms with van der Waals surface area (Å²) in [4.78, 5) is 16.2. The van der Waals surface area contributed by atoms with Crippen molar-refractivity contribution in [3.05, 3.63) is 34.5 Å². The Morgan fingerprint density at radius 1 is 1.57 bits per heavy atom. The van der Waals surface area contributed by atoms with Gasteiger partial charge in [-0.05, 0) is 25.5 Å². The fourth-order valence-corrected chi connectivity index (χ4v) is 3.07. The van der Waals surface area contributed by atoms with Crippen LogP contribution in [0.4, 0.5) is 0 Å². The van der Waals surface area contributed by atoms with E-state index in [0.29, 0.717) is 18.3 Å². The van der Waals surface area contributed by atoms with E-state index in [0.717, 1.165) is 38.0 Å². The molecule has 1 amide bonds. The summed E-state index contributed by atoms with van der Waals surface area (Å²) >= 11 is 1.57. The zero-order valence-electron chi connectivity index (χ0n) is 11.8. The molecule has 0 radical (unpaired) electrons. The van der Waals surface area contributed by atoms with Gasteiger partial charge in [0.1, 0.15) is 5.69 Å². The van der Waals surface area contributed by atoms with Crippen molar-refractivity contribution in [3.63, 3.8) is 0 Å². The molecule has 2 aromatic rings. The summed E-state index contributed by atoms with van der Waals surface area (Å²) in [5.41, 5.74) is 3.30. The predicted molar refractivity (Wildman–Crippen MR) is 81.5 cm³/mol. The summed E-state index contributed by atoms with van der Waals surface area (Å²) < 4.78 is 1.90. The molecule has 21 heavy (non-hydrogen) atoms. The SMILES string of the molecule is O=C(NCCc1cscn1)c1ccn([C@@H]2CCCNC2)n1. The molecule has 6 nitrogen and oxygen atoms in total. The van der Waals surface area contributed by atoms with E-state index in [1.165, 1.54) is 0 Å². The molecule has 112 valence electrons. The Morgan fingerprint density at radius 2 is 2.52 bits per heavy atom. The van der Waals surface area contributed by atoms with Gasteiger partial charge >= 0.3 is 0 Å². The van der Waals surface area contributed by atoms with Crippen LogP contribution in [-0.2, 0) is 6.42 Å². The highest BCUT2D eigenvalue weighted by molar-refractivity contribution is 7.07. The fourth-order valence-electron chi connectivity index (χ4n) is 2.48. The molecule has 0 aliphatic carbocycles. The second-order valence-electron chi connectivity index (χ2n) is 5.17. The minimum absolute atomic E-state index is 0.118. The van der Waals surface area contributed by atoms with Gasteiger partial charge in [-0.2, -0.15) is 5.10 Å². The zero-order chi connectivity index (χ0) is 14.5. The van der Waals surface area contributed by atoms with E-state index in [1.54, 1.807) is 22.9 Å². The van der Waals surface area contributed by atoms with Gasteiger partial charge in [-0.1, -0.05) is 0 Å². The van der Waals surface area contributed by atoms with Gasteiger partial charge in [0.05, 0.1) is 17.2 Å². The lowest BCUT2D eigenvalue weighted by Crippen LogP contribution is -2.32. The van der Waals surface area contributed by atoms with Crippen LogP contribution in [-0.4, -0.2) is 40.3 Å². The van der Waals surface area contributed by atoms with E-state index in [9.17, 15) is 4.79 Å². The molecule has 1 aliphatic heterocycles. The highest BCUT2D eigenvalue weighted by atomic mass is 32.1. The van der Waals surface area contributed by atoms with E-state index < -0.39 is 0 Å². The molecular formula is C14H19N5OS. The lowest BCUT2D eigenvalue weighted by Gasteiger charge is -2.22. The highest BCUT2D eigenvalue weighted by Gasteiger charge is 2.17. The summed E-state index contributed by atoms with van der Waals surface area (Å²) in [7, 11) is 0. The predicted octanol–water partition coefficient (Wildman–Crippen LogP) is 1.24. The number of piperidine rings is 1. The van der Waals surface area contributed by atoms with Crippen molar-refractivity contribution in [2.24, 2.45) is 0 Å². The normalized spacial score (nSPS) is 18.6. The summed E-state index contributed by atoms with van der Waals surface area (Å²) in [6, 6.07) is 2.14. The van der Waals surface area contributed by atoms with E-state index in [2.05, 4.69) is 20.7 Å². The number of thiazole rings is 1. The molecule has 0 aromatic carbocycles. The number of nitrogens with zero attached hydrogens (tertiary/aromatic N) is 3. The van der Waals surface area contributed by atoms with Crippen molar-refractivity contribution in [2.75, 3.05) is 19.6 Å². The minimum Gasteiger partial charge on any atom is -0.350 e. The highest BCUT2D eigenvalue weighted by Crippen LogP contribution is 2.15. The molecule has 0 bridgehead atoms. The third-order valence-corrected chi connectivity index (χ3v) is 4.27. The smallest absolute Gasteiger partial charge is 0.271 e. The standard InChI is InChI=1S/C14H19N5OS/c20-14(16-6-3-11-9-21-10-17-11)13-4-7-19(18-13)12-2-1-5-15-8-12/h4,7,9-10,12,15H,1-3,5-6,8H2,(H,16,20)/t12-/m1/s1. The number of aromatic nitrogens is 3. The van der Waals surface area contributed by atoms with Crippen LogP contribution in [0.25, 0.3) is 0 Å². The Labute approximate surface area is 127 Å². The molecule has 2 N–H and O–H groups in total. The average Bonchev–Trinajstić information content (AvgIpc) is 3.20. The van der Waals surface area contributed by atoms with Gasteiger partial charge in [0.2, 0.25) is 0 Å². The summed E-state index contributed by atoms with van der Waals surface area (Å²) in [5.74, 6) is -0.118. The van der Waals surface area contributed by atoms with Crippen molar-refractivity contribution in [2.45, 2.75) is 25.3 Å². The Kier molecular flexibility index (Phi) is 4.62. The number of hydrogen-bond acceptors (Lipinski definition) is 5. The molecule has 1 aliphatic rings. The van der Waals surface area contributed by atoms with Crippen LogP contribution in [0, 0.1) is 0 Å². The summed E-state index contributed by atoms with van der Waals surface area (Å²) in [5, 5.41) is 12.6. The monoisotopic (exact) mass is 305 g/mol. The molecular weight excluding hydrogens is 286 g/mol.